The molecule has 39 heavy (non-hydrogen) atoms. The number of amidine groups is 1. The number of carbonyl (C=O) groups excluding carboxylic acids is 2. The Balaban J connectivity index is 1.55. The van der Waals surface area contributed by atoms with E-state index in [1.807, 2.05) is 46.7 Å². The van der Waals surface area contributed by atoms with E-state index in [2.05, 4.69) is 43.4 Å². The van der Waals surface area contributed by atoms with Crippen LogP contribution in [0.1, 0.15) is 61.6 Å². The normalized spacial score (nSPS) is 16.6. The van der Waals surface area contributed by atoms with Crippen LogP contribution >= 0.6 is 11.8 Å². The van der Waals surface area contributed by atoms with Crippen molar-refractivity contribution < 1.29 is 18.7 Å². The average molecular weight is 542 g/mol. The molecule has 200 valence electrons. The van der Waals surface area contributed by atoms with E-state index >= 15 is 0 Å². The smallest absolute Gasteiger partial charge is 0.338 e. The fourth-order valence-corrected chi connectivity index (χ4v) is 5.61. The van der Waals surface area contributed by atoms with E-state index in [1.165, 1.54) is 17.3 Å². The lowest BCUT2D eigenvalue weighted by molar-refractivity contribution is -0.139. The number of ether oxygens (including phenoxy) is 1. The van der Waals surface area contributed by atoms with Gasteiger partial charge in [-0.25, -0.2) is 9.79 Å². The molecule has 2 aliphatic rings. The SMILES string of the molecule is CCOC(=O)C1=C(c2ccccc2)N=C2SC=C(CC(=O)NCc3ccco3)N2[C@@H]1c1ccc(C(C)C)cc1. The number of nitrogens with zero attached hydrogens (tertiary/aromatic N) is 2. The highest BCUT2D eigenvalue weighted by atomic mass is 32.2. The lowest BCUT2D eigenvalue weighted by atomic mass is 9.90. The molecule has 0 aliphatic carbocycles. The molecular weight excluding hydrogens is 510 g/mol. The fraction of sp³-hybridized carbons (Fsp3) is 0.258. The first kappa shape index (κ1) is 26.6. The summed E-state index contributed by atoms with van der Waals surface area (Å²) in [7, 11) is 0. The molecule has 8 heteroatoms. The predicted octanol–water partition coefficient (Wildman–Crippen LogP) is 6.38. The number of rotatable bonds is 9. The minimum absolute atomic E-state index is 0.129. The summed E-state index contributed by atoms with van der Waals surface area (Å²) in [6, 6.07) is 21.1. The van der Waals surface area contributed by atoms with E-state index in [9.17, 15) is 9.59 Å². The molecule has 2 aliphatic heterocycles. The summed E-state index contributed by atoms with van der Waals surface area (Å²) in [4.78, 5) is 33.5. The summed E-state index contributed by atoms with van der Waals surface area (Å²) in [6.07, 6.45) is 1.71. The van der Waals surface area contributed by atoms with Crippen LogP contribution in [0.4, 0.5) is 0 Å². The second-order valence-electron chi connectivity index (χ2n) is 9.60. The van der Waals surface area contributed by atoms with Crippen LogP contribution in [0.3, 0.4) is 0 Å². The number of benzene rings is 2. The van der Waals surface area contributed by atoms with Gasteiger partial charge in [0.25, 0.3) is 0 Å². The summed E-state index contributed by atoms with van der Waals surface area (Å²) in [5.41, 5.74) is 4.77. The summed E-state index contributed by atoms with van der Waals surface area (Å²) in [5.74, 6) is 0.485. The highest BCUT2D eigenvalue weighted by molar-refractivity contribution is 8.16. The van der Waals surface area contributed by atoms with Crippen molar-refractivity contribution in [3.63, 3.8) is 0 Å². The topological polar surface area (TPSA) is 84.1 Å². The van der Waals surface area contributed by atoms with Gasteiger partial charge in [0.05, 0.1) is 43.1 Å². The van der Waals surface area contributed by atoms with Crippen molar-refractivity contribution in [3.05, 3.63) is 112 Å². The standard InChI is InChI=1S/C31H31N3O4S/c1-4-37-30(36)27-28(22-9-6-5-7-10-22)33-31-34(29(27)23-14-12-21(13-15-23)20(2)3)24(19-39-31)17-26(35)32-18-25-11-8-16-38-25/h5-16,19-20,29H,4,17-18H2,1-3H3,(H,32,35)/t29-/m1/s1. The summed E-state index contributed by atoms with van der Waals surface area (Å²) in [6.45, 7) is 6.64. The number of hydrogen-bond donors (Lipinski definition) is 1. The van der Waals surface area contributed by atoms with Gasteiger partial charge in [-0.2, -0.15) is 0 Å². The third-order valence-electron chi connectivity index (χ3n) is 6.65. The predicted molar refractivity (Wildman–Crippen MR) is 153 cm³/mol. The summed E-state index contributed by atoms with van der Waals surface area (Å²) in [5, 5.41) is 5.58. The molecular formula is C31H31N3O4S. The Morgan fingerprint density at radius 2 is 1.85 bits per heavy atom. The Morgan fingerprint density at radius 3 is 2.51 bits per heavy atom. The molecule has 0 bridgehead atoms. The zero-order chi connectivity index (χ0) is 27.4. The molecule has 0 saturated carbocycles. The second kappa shape index (κ2) is 11.8. The molecule has 1 N–H and O–H groups in total. The molecule has 3 aromatic rings. The molecule has 7 nitrogen and oxygen atoms in total. The summed E-state index contributed by atoms with van der Waals surface area (Å²) < 4.78 is 10.9. The van der Waals surface area contributed by atoms with E-state index in [0.717, 1.165) is 16.8 Å². The Bertz CT molecular complexity index is 1420. The van der Waals surface area contributed by atoms with Gasteiger partial charge in [0.1, 0.15) is 5.76 Å². The molecule has 5 rings (SSSR count). The maximum absolute atomic E-state index is 13.6. The average Bonchev–Trinajstić information content (AvgIpc) is 3.62. The fourth-order valence-electron chi connectivity index (χ4n) is 4.69. The van der Waals surface area contributed by atoms with Crippen molar-refractivity contribution in [1.29, 1.82) is 0 Å². The molecule has 0 fully saturated rings. The quantitative estimate of drug-likeness (QED) is 0.316. The van der Waals surface area contributed by atoms with Gasteiger partial charge >= 0.3 is 5.97 Å². The number of hydrogen-bond acceptors (Lipinski definition) is 7. The highest BCUT2D eigenvalue weighted by Gasteiger charge is 2.42. The number of aliphatic imine (C=N–C) groups is 1. The molecule has 0 saturated heterocycles. The van der Waals surface area contributed by atoms with Crippen LogP contribution in [-0.4, -0.2) is 28.6 Å². The van der Waals surface area contributed by atoms with Crippen LogP contribution in [0, 0.1) is 0 Å². The number of thioether (sulfide) groups is 1. The van der Waals surface area contributed by atoms with Crippen LogP contribution in [0.25, 0.3) is 5.70 Å². The number of fused-ring (bicyclic) bond motifs is 1. The third kappa shape index (κ3) is 5.71. The van der Waals surface area contributed by atoms with E-state index < -0.39 is 12.0 Å². The maximum Gasteiger partial charge on any atom is 0.338 e. The van der Waals surface area contributed by atoms with Crippen molar-refractivity contribution in [1.82, 2.24) is 10.2 Å². The number of esters is 1. The van der Waals surface area contributed by atoms with Crippen molar-refractivity contribution in [3.8, 4) is 0 Å². The number of furan rings is 1. The lowest BCUT2D eigenvalue weighted by Crippen LogP contribution is -2.38. The molecule has 2 aromatic carbocycles. The van der Waals surface area contributed by atoms with Gasteiger partial charge < -0.3 is 19.4 Å². The van der Waals surface area contributed by atoms with E-state index in [0.29, 0.717) is 34.7 Å². The van der Waals surface area contributed by atoms with Crippen LogP contribution in [0.5, 0.6) is 0 Å². The molecule has 0 unspecified atom stereocenters. The van der Waals surface area contributed by atoms with Gasteiger partial charge in [-0.1, -0.05) is 80.2 Å². The number of carbonyl (C=O) groups is 2. The molecule has 3 heterocycles. The zero-order valence-electron chi connectivity index (χ0n) is 22.2. The largest absolute Gasteiger partial charge is 0.467 e. The molecule has 0 spiro atoms. The summed E-state index contributed by atoms with van der Waals surface area (Å²) >= 11 is 1.45. The van der Waals surface area contributed by atoms with Crippen LogP contribution in [0.15, 0.2) is 99.1 Å². The van der Waals surface area contributed by atoms with E-state index in [-0.39, 0.29) is 18.9 Å². The van der Waals surface area contributed by atoms with Gasteiger partial charge in [-0.05, 0) is 41.5 Å². The van der Waals surface area contributed by atoms with Gasteiger partial charge in [-0.15, -0.1) is 0 Å². The molecule has 0 radical (unpaired) electrons. The number of nitrogens with one attached hydrogen (secondary N) is 1. The monoisotopic (exact) mass is 541 g/mol. The lowest BCUT2D eigenvalue weighted by Gasteiger charge is -2.37. The van der Waals surface area contributed by atoms with Gasteiger partial charge in [0.2, 0.25) is 5.91 Å². The van der Waals surface area contributed by atoms with Crippen LogP contribution < -0.4 is 5.32 Å². The van der Waals surface area contributed by atoms with Crippen molar-refractivity contribution in [2.75, 3.05) is 6.61 Å². The second-order valence-corrected chi connectivity index (χ2v) is 10.4. The Labute approximate surface area is 232 Å². The zero-order valence-corrected chi connectivity index (χ0v) is 23.0. The minimum Gasteiger partial charge on any atom is -0.467 e. The van der Waals surface area contributed by atoms with Crippen LogP contribution in [0.2, 0.25) is 0 Å². The van der Waals surface area contributed by atoms with Gasteiger partial charge in [-0.3, -0.25) is 4.79 Å². The first-order valence-corrected chi connectivity index (χ1v) is 13.9. The van der Waals surface area contributed by atoms with Gasteiger partial charge in [0.15, 0.2) is 5.17 Å². The van der Waals surface area contributed by atoms with E-state index in [4.69, 9.17) is 14.1 Å². The van der Waals surface area contributed by atoms with Crippen molar-refractivity contribution in [2.45, 2.75) is 45.7 Å². The highest BCUT2D eigenvalue weighted by Crippen LogP contribution is 2.47. The molecule has 1 atom stereocenters. The van der Waals surface area contributed by atoms with E-state index in [1.54, 1.807) is 19.3 Å². The molecule has 1 aromatic heterocycles. The Hall–Kier alpha value is -4.04. The number of amides is 1. The first-order chi connectivity index (χ1) is 19.0. The first-order valence-electron chi connectivity index (χ1n) is 13.1. The maximum atomic E-state index is 13.6. The Morgan fingerprint density at radius 1 is 1.08 bits per heavy atom. The van der Waals surface area contributed by atoms with Crippen LogP contribution in [-0.2, 0) is 20.9 Å². The van der Waals surface area contributed by atoms with Crippen molar-refractivity contribution in [2.24, 2.45) is 4.99 Å². The minimum atomic E-state index is -0.507. The van der Waals surface area contributed by atoms with Crippen molar-refractivity contribution >= 4 is 34.5 Å². The van der Waals surface area contributed by atoms with Gasteiger partial charge in [0, 0.05) is 11.3 Å². The Kier molecular flexibility index (Phi) is 8.02. The molecule has 1 amide bonds. The third-order valence-corrected chi connectivity index (χ3v) is 7.54.